The Kier molecular flexibility index (Phi) is 4.22. The maximum atomic E-state index is 12.3. The number of hydrogen-bond acceptors (Lipinski definition) is 2. The Labute approximate surface area is 131 Å². The second kappa shape index (κ2) is 6.10. The maximum Gasteiger partial charge on any atom is 0.265 e. The Morgan fingerprint density at radius 2 is 2.10 bits per heavy atom. The van der Waals surface area contributed by atoms with E-state index in [9.17, 15) is 4.79 Å². The van der Waals surface area contributed by atoms with Crippen LogP contribution in [0.5, 0.6) is 0 Å². The molecule has 20 heavy (non-hydrogen) atoms. The van der Waals surface area contributed by atoms with Crippen LogP contribution in [0.25, 0.3) is 0 Å². The van der Waals surface area contributed by atoms with Gasteiger partial charge in [0.2, 0.25) is 0 Å². The van der Waals surface area contributed by atoms with Gasteiger partial charge in [0.15, 0.2) is 0 Å². The summed E-state index contributed by atoms with van der Waals surface area (Å²) in [5, 5.41) is 3.79. The Bertz CT molecular complexity index is 612. The number of amides is 1. The highest BCUT2D eigenvalue weighted by Crippen LogP contribution is 2.30. The first-order chi connectivity index (χ1) is 9.76. The molecule has 1 N–H and O–H groups in total. The minimum absolute atomic E-state index is 0.0103. The fourth-order valence-electron chi connectivity index (χ4n) is 2.53. The third kappa shape index (κ3) is 2.96. The van der Waals surface area contributed by atoms with E-state index in [0.717, 1.165) is 34.3 Å². The van der Waals surface area contributed by atoms with Gasteiger partial charge in [0, 0.05) is 15.9 Å². The van der Waals surface area contributed by atoms with Gasteiger partial charge in [0.1, 0.15) is 0 Å². The number of fused-ring (bicyclic) bond motifs is 1. The molecule has 4 heteroatoms. The highest BCUT2D eigenvalue weighted by atomic mass is 79.9. The number of alkyl halides is 1. The van der Waals surface area contributed by atoms with Crippen molar-refractivity contribution in [3.8, 4) is 0 Å². The third-order valence-electron chi connectivity index (χ3n) is 3.56. The number of benzene rings is 1. The Hall–Kier alpha value is -1.13. The molecular formula is C16H16BrNOS. The quantitative estimate of drug-likeness (QED) is 0.794. The average molecular weight is 350 g/mol. The van der Waals surface area contributed by atoms with Crippen LogP contribution in [0.1, 0.15) is 38.5 Å². The molecule has 0 atom stereocenters. The van der Waals surface area contributed by atoms with Crippen LogP contribution in [-0.4, -0.2) is 5.91 Å². The Balaban J connectivity index is 1.77. The largest absolute Gasteiger partial charge is 0.321 e. The standard InChI is InChI=1S/C16H16BrNOS/c17-10-11-4-3-6-13(8-11)18-16(19)15-9-12-5-1-2-7-14(12)20-15/h3-4,6,8-9H,1-2,5,7,10H2,(H,18,19). The molecule has 3 rings (SSSR count). The van der Waals surface area contributed by atoms with Crippen LogP contribution in [0.15, 0.2) is 30.3 Å². The molecule has 2 nitrogen and oxygen atoms in total. The first kappa shape index (κ1) is 13.8. The van der Waals surface area contributed by atoms with E-state index in [1.54, 1.807) is 11.3 Å². The maximum absolute atomic E-state index is 12.3. The van der Waals surface area contributed by atoms with Crippen molar-refractivity contribution in [1.82, 2.24) is 0 Å². The van der Waals surface area contributed by atoms with Crippen molar-refractivity contribution in [3.63, 3.8) is 0 Å². The van der Waals surface area contributed by atoms with Gasteiger partial charge in [-0.1, -0.05) is 28.1 Å². The van der Waals surface area contributed by atoms with Crippen LogP contribution in [-0.2, 0) is 18.2 Å². The topological polar surface area (TPSA) is 29.1 Å². The second-order valence-corrected chi connectivity index (χ2v) is 6.75. The lowest BCUT2D eigenvalue weighted by Gasteiger charge is -2.08. The lowest BCUT2D eigenvalue weighted by molar-refractivity contribution is 0.103. The van der Waals surface area contributed by atoms with Crippen molar-refractivity contribution >= 4 is 38.9 Å². The number of nitrogens with one attached hydrogen (secondary N) is 1. The lowest BCUT2D eigenvalue weighted by Crippen LogP contribution is -2.10. The van der Waals surface area contributed by atoms with Gasteiger partial charge in [-0.3, -0.25) is 4.79 Å². The summed E-state index contributed by atoms with van der Waals surface area (Å²) in [5.74, 6) is 0.0103. The summed E-state index contributed by atoms with van der Waals surface area (Å²) in [5.41, 5.74) is 3.40. The van der Waals surface area contributed by atoms with Crippen molar-refractivity contribution in [1.29, 1.82) is 0 Å². The SMILES string of the molecule is O=C(Nc1cccc(CBr)c1)c1cc2c(s1)CCCC2. The van der Waals surface area contributed by atoms with Crippen molar-refractivity contribution in [2.45, 2.75) is 31.0 Å². The fourth-order valence-corrected chi connectivity index (χ4v) is 4.03. The van der Waals surface area contributed by atoms with Crippen LogP contribution in [0, 0.1) is 0 Å². The number of thiophene rings is 1. The number of aryl methyl sites for hydroxylation is 2. The van der Waals surface area contributed by atoms with E-state index in [-0.39, 0.29) is 5.91 Å². The van der Waals surface area contributed by atoms with Gasteiger partial charge >= 0.3 is 0 Å². The lowest BCUT2D eigenvalue weighted by atomic mass is 9.99. The predicted octanol–water partition coefficient (Wildman–Crippen LogP) is 4.77. The normalized spacial score (nSPS) is 13.8. The third-order valence-corrected chi connectivity index (χ3v) is 5.44. The van der Waals surface area contributed by atoms with Gasteiger partial charge in [0.05, 0.1) is 4.88 Å². The van der Waals surface area contributed by atoms with Crippen molar-refractivity contribution < 1.29 is 4.79 Å². The zero-order valence-corrected chi connectivity index (χ0v) is 13.5. The number of carbonyl (C=O) groups excluding carboxylic acids is 1. The number of hydrogen-bond donors (Lipinski definition) is 1. The molecule has 0 unspecified atom stereocenters. The van der Waals surface area contributed by atoms with E-state index in [2.05, 4.69) is 27.3 Å². The average Bonchev–Trinajstić information content (AvgIpc) is 2.91. The van der Waals surface area contributed by atoms with Gasteiger partial charge < -0.3 is 5.32 Å². The summed E-state index contributed by atoms with van der Waals surface area (Å²) in [4.78, 5) is 14.6. The second-order valence-electron chi connectivity index (χ2n) is 5.05. The molecule has 0 aliphatic heterocycles. The van der Waals surface area contributed by atoms with E-state index in [4.69, 9.17) is 0 Å². The first-order valence-corrected chi connectivity index (χ1v) is 8.78. The smallest absolute Gasteiger partial charge is 0.265 e. The molecule has 0 saturated heterocycles. The predicted molar refractivity (Wildman–Crippen MR) is 88.0 cm³/mol. The zero-order chi connectivity index (χ0) is 13.9. The summed E-state index contributed by atoms with van der Waals surface area (Å²) in [6.45, 7) is 0. The molecule has 1 aliphatic carbocycles. The first-order valence-electron chi connectivity index (χ1n) is 6.84. The molecule has 0 fully saturated rings. The van der Waals surface area contributed by atoms with E-state index < -0.39 is 0 Å². The monoisotopic (exact) mass is 349 g/mol. The van der Waals surface area contributed by atoms with E-state index in [0.29, 0.717) is 0 Å². The highest BCUT2D eigenvalue weighted by Gasteiger charge is 2.17. The number of rotatable bonds is 3. The molecule has 0 bridgehead atoms. The van der Waals surface area contributed by atoms with Crippen molar-refractivity contribution in [2.24, 2.45) is 0 Å². The van der Waals surface area contributed by atoms with Gasteiger partial charge in [-0.25, -0.2) is 0 Å². The zero-order valence-electron chi connectivity index (χ0n) is 11.1. The Morgan fingerprint density at radius 1 is 1.25 bits per heavy atom. The van der Waals surface area contributed by atoms with Crippen LogP contribution in [0.2, 0.25) is 0 Å². The Morgan fingerprint density at radius 3 is 2.90 bits per heavy atom. The van der Waals surface area contributed by atoms with Gasteiger partial charge in [-0.15, -0.1) is 11.3 Å². The molecule has 1 amide bonds. The molecule has 0 saturated carbocycles. The fraction of sp³-hybridized carbons (Fsp3) is 0.312. The van der Waals surface area contributed by atoms with Crippen LogP contribution < -0.4 is 5.32 Å². The summed E-state index contributed by atoms with van der Waals surface area (Å²) < 4.78 is 0. The molecule has 1 heterocycles. The molecule has 0 spiro atoms. The molecule has 1 aromatic carbocycles. The van der Waals surface area contributed by atoms with E-state index in [1.807, 2.05) is 24.3 Å². The number of anilines is 1. The molecule has 0 radical (unpaired) electrons. The van der Waals surface area contributed by atoms with E-state index >= 15 is 0 Å². The summed E-state index contributed by atoms with van der Waals surface area (Å²) in [7, 11) is 0. The van der Waals surface area contributed by atoms with Gasteiger partial charge in [-0.05, 0) is 55.0 Å². The molecule has 1 aliphatic rings. The highest BCUT2D eigenvalue weighted by molar-refractivity contribution is 9.08. The molecule has 1 aromatic heterocycles. The van der Waals surface area contributed by atoms with Gasteiger partial charge in [0.25, 0.3) is 5.91 Å². The number of halogens is 1. The molecular weight excluding hydrogens is 334 g/mol. The minimum Gasteiger partial charge on any atom is -0.321 e. The van der Waals surface area contributed by atoms with E-state index in [1.165, 1.54) is 23.3 Å². The molecule has 104 valence electrons. The number of carbonyl (C=O) groups is 1. The van der Waals surface area contributed by atoms with Crippen molar-refractivity contribution in [2.75, 3.05) is 5.32 Å². The van der Waals surface area contributed by atoms with Crippen LogP contribution in [0.4, 0.5) is 5.69 Å². The van der Waals surface area contributed by atoms with Crippen LogP contribution in [0.3, 0.4) is 0 Å². The summed E-state index contributed by atoms with van der Waals surface area (Å²) >= 11 is 5.08. The van der Waals surface area contributed by atoms with Crippen LogP contribution >= 0.6 is 27.3 Å². The van der Waals surface area contributed by atoms with Gasteiger partial charge in [-0.2, -0.15) is 0 Å². The van der Waals surface area contributed by atoms with Crippen molar-refractivity contribution in [3.05, 3.63) is 51.2 Å². The summed E-state index contributed by atoms with van der Waals surface area (Å²) in [6, 6.07) is 10.0. The molecule has 2 aromatic rings. The minimum atomic E-state index is 0.0103. The summed E-state index contributed by atoms with van der Waals surface area (Å²) in [6.07, 6.45) is 4.75.